The van der Waals surface area contributed by atoms with E-state index < -0.39 is 0 Å². The smallest absolute Gasteiger partial charge is 0.123 e. The molecule has 0 saturated carbocycles. The molecule has 4 heteroatoms. The Balaban J connectivity index is 2.06. The van der Waals surface area contributed by atoms with E-state index in [1.807, 2.05) is 12.1 Å². The molecule has 2 rings (SSSR count). The summed E-state index contributed by atoms with van der Waals surface area (Å²) < 4.78 is 6.54. The largest absolute Gasteiger partial charge is 0.496 e. The van der Waals surface area contributed by atoms with Crippen molar-refractivity contribution in [2.45, 2.75) is 19.9 Å². The third-order valence-electron chi connectivity index (χ3n) is 4.14. The predicted molar refractivity (Wildman–Crippen MR) is 82.3 cm³/mol. The van der Waals surface area contributed by atoms with Crippen LogP contribution in [0.15, 0.2) is 22.7 Å². The summed E-state index contributed by atoms with van der Waals surface area (Å²) in [5.41, 5.74) is 7.11. The van der Waals surface area contributed by atoms with E-state index in [0.29, 0.717) is 5.92 Å². The van der Waals surface area contributed by atoms with E-state index in [2.05, 4.69) is 33.8 Å². The number of hydrogen-bond donors (Lipinski definition) is 1. The van der Waals surface area contributed by atoms with E-state index in [0.717, 1.165) is 42.3 Å². The first-order chi connectivity index (χ1) is 9.13. The molecule has 1 aromatic carbocycles. The molecule has 2 N–H and O–H groups in total. The van der Waals surface area contributed by atoms with Gasteiger partial charge in [-0.3, -0.25) is 4.90 Å². The summed E-state index contributed by atoms with van der Waals surface area (Å²) in [6, 6.07) is 6.18. The molecule has 0 aromatic heterocycles. The van der Waals surface area contributed by atoms with Crippen LogP contribution < -0.4 is 10.5 Å². The number of rotatable bonds is 4. The Hall–Kier alpha value is -0.580. The van der Waals surface area contributed by atoms with Crippen molar-refractivity contribution < 1.29 is 4.74 Å². The third kappa shape index (κ3) is 3.71. The van der Waals surface area contributed by atoms with Crippen LogP contribution in [0.4, 0.5) is 0 Å². The number of nitrogens with zero attached hydrogens (tertiary/aromatic N) is 1. The fraction of sp³-hybridized carbons (Fsp3) is 0.600. The van der Waals surface area contributed by atoms with Gasteiger partial charge in [0.2, 0.25) is 0 Å². The van der Waals surface area contributed by atoms with Gasteiger partial charge in [-0.1, -0.05) is 22.9 Å². The number of halogens is 1. The van der Waals surface area contributed by atoms with Gasteiger partial charge in [0.25, 0.3) is 0 Å². The molecule has 2 atom stereocenters. The second-order valence-electron chi connectivity index (χ2n) is 5.45. The quantitative estimate of drug-likeness (QED) is 0.924. The lowest BCUT2D eigenvalue weighted by Crippen LogP contribution is -2.42. The van der Waals surface area contributed by atoms with E-state index in [1.165, 1.54) is 12.0 Å². The highest BCUT2D eigenvalue weighted by molar-refractivity contribution is 9.10. The monoisotopic (exact) mass is 326 g/mol. The van der Waals surface area contributed by atoms with Crippen molar-refractivity contribution in [3.8, 4) is 5.75 Å². The number of likely N-dealkylation sites (tertiary alicyclic amines) is 1. The van der Waals surface area contributed by atoms with E-state index in [-0.39, 0.29) is 0 Å². The van der Waals surface area contributed by atoms with Crippen molar-refractivity contribution in [2.24, 2.45) is 17.6 Å². The fourth-order valence-electron chi connectivity index (χ4n) is 2.79. The topological polar surface area (TPSA) is 38.5 Å². The van der Waals surface area contributed by atoms with Gasteiger partial charge in [-0.05, 0) is 49.5 Å². The summed E-state index contributed by atoms with van der Waals surface area (Å²) in [4.78, 5) is 2.49. The molecule has 0 spiro atoms. The lowest BCUT2D eigenvalue weighted by molar-refractivity contribution is 0.125. The molecule has 19 heavy (non-hydrogen) atoms. The van der Waals surface area contributed by atoms with Gasteiger partial charge < -0.3 is 10.5 Å². The van der Waals surface area contributed by atoms with Gasteiger partial charge in [0.05, 0.1) is 7.11 Å². The van der Waals surface area contributed by atoms with Crippen molar-refractivity contribution >= 4 is 15.9 Å². The second kappa shape index (κ2) is 6.73. The molecule has 1 aliphatic heterocycles. The van der Waals surface area contributed by atoms with Gasteiger partial charge in [-0.15, -0.1) is 0 Å². The Morgan fingerprint density at radius 1 is 1.47 bits per heavy atom. The Labute approximate surface area is 124 Å². The maximum absolute atomic E-state index is 5.87. The first-order valence-electron chi connectivity index (χ1n) is 6.89. The van der Waals surface area contributed by atoms with Crippen LogP contribution in [-0.2, 0) is 6.54 Å². The molecule has 1 saturated heterocycles. The van der Waals surface area contributed by atoms with Crippen LogP contribution in [0.1, 0.15) is 18.9 Å². The standard InChI is InChI=1S/C15H23BrN2O/c1-11-5-6-18(10-13(11)8-17)9-12-7-14(16)3-4-15(12)19-2/h3-4,7,11,13H,5-6,8-10,17H2,1-2H3. The zero-order valence-corrected chi connectivity index (χ0v) is 13.3. The first-order valence-corrected chi connectivity index (χ1v) is 7.68. The minimum atomic E-state index is 0.617. The van der Waals surface area contributed by atoms with Gasteiger partial charge in [0.1, 0.15) is 5.75 Å². The van der Waals surface area contributed by atoms with Gasteiger partial charge in [-0.25, -0.2) is 0 Å². The normalized spacial score (nSPS) is 24.4. The molecule has 1 heterocycles. The number of ether oxygens (including phenoxy) is 1. The van der Waals surface area contributed by atoms with E-state index in [9.17, 15) is 0 Å². The molecule has 106 valence electrons. The highest BCUT2D eigenvalue weighted by Gasteiger charge is 2.25. The highest BCUT2D eigenvalue weighted by Crippen LogP contribution is 2.28. The van der Waals surface area contributed by atoms with Crippen LogP contribution in [0.5, 0.6) is 5.75 Å². The summed E-state index contributed by atoms with van der Waals surface area (Å²) >= 11 is 3.53. The van der Waals surface area contributed by atoms with Gasteiger partial charge >= 0.3 is 0 Å². The van der Waals surface area contributed by atoms with Gasteiger partial charge in [0.15, 0.2) is 0 Å². The lowest BCUT2D eigenvalue weighted by atomic mass is 9.87. The maximum atomic E-state index is 5.87. The maximum Gasteiger partial charge on any atom is 0.123 e. The van der Waals surface area contributed by atoms with Gasteiger partial charge in [-0.2, -0.15) is 0 Å². The summed E-state index contributed by atoms with van der Waals surface area (Å²) in [6.45, 7) is 6.27. The number of hydrogen-bond acceptors (Lipinski definition) is 3. The summed E-state index contributed by atoms with van der Waals surface area (Å²) in [5, 5.41) is 0. The minimum Gasteiger partial charge on any atom is -0.496 e. The van der Waals surface area contributed by atoms with Crippen LogP contribution in [-0.4, -0.2) is 31.6 Å². The molecule has 1 fully saturated rings. The number of piperidine rings is 1. The van der Waals surface area contributed by atoms with Crippen LogP contribution in [0.25, 0.3) is 0 Å². The predicted octanol–water partition coefficient (Wildman–Crippen LogP) is 2.87. The zero-order chi connectivity index (χ0) is 13.8. The van der Waals surface area contributed by atoms with Crippen molar-refractivity contribution in [3.05, 3.63) is 28.2 Å². The van der Waals surface area contributed by atoms with Crippen LogP contribution >= 0.6 is 15.9 Å². The molecule has 0 amide bonds. The van der Waals surface area contributed by atoms with E-state index in [4.69, 9.17) is 10.5 Å². The summed E-state index contributed by atoms with van der Waals surface area (Å²) in [7, 11) is 1.73. The number of benzene rings is 1. The molecular formula is C15H23BrN2O. The average Bonchev–Trinajstić information content (AvgIpc) is 2.41. The average molecular weight is 327 g/mol. The molecule has 0 aliphatic carbocycles. The third-order valence-corrected chi connectivity index (χ3v) is 4.63. The van der Waals surface area contributed by atoms with Crippen molar-refractivity contribution in [1.82, 2.24) is 4.90 Å². The van der Waals surface area contributed by atoms with E-state index >= 15 is 0 Å². The van der Waals surface area contributed by atoms with E-state index in [1.54, 1.807) is 7.11 Å². The van der Waals surface area contributed by atoms with Crippen molar-refractivity contribution in [1.29, 1.82) is 0 Å². The molecule has 2 unspecified atom stereocenters. The zero-order valence-electron chi connectivity index (χ0n) is 11.7. The lowest BCUT2D eigenvalue weighted by Gasteiger charge is -2.36. The minimum absolute atomic E-state index is 0.617. The van der Waals surface area contributed by atoms with Crippen molar-refractivity contribution in [3.63, 3.8) is 0 Å². The summed E-state index contributed by atoms with van der Waals surface area (Å²) in [6.07, 6.45) is 1.23. The molecule has 0 radical (unpaired) electrons. The first kappa shape index (κ1) is 14.8. The van der Waals surface area contributed by atoms with Gasteiger partial charge in [0, 0.05) is 23.1 Å². The molecule has 1 aromatic rings. The molecule has 1 aliphatic rings. The number of methoxy groups -OCH3 is 1. The Morgan fingerprint density at radius 3 is 2.95 bits per heavy atom. The Morgan fingerprint density at radius 2 is 2.26 bits per heavy atom. The molecule has 3 nitrogen and oxygen atoms in total. The Kier molecular flexibility index (Phi) is 5.25. The Bertz CT molecular complexity index is 425. The van der Waals surface area contributed by atoms with Crippen molar-refractivity contribution in [2.75, 3.05) is 26.7 Å². The molecular weight excluding hydrogens is 304 g/mol. The van der Waals surface area contributed by atoms with Crippen LogP contribution in [0.2, 0.25) is 0 Å². The SMILES string of the molecule is COc1ccc(Br)cc1CN1CCC(C)C(CN)C1. The van der Waals surface area contributed by atoms with Crippen LogP contribution in [0.3, 0.4) is 0 Å². The van der Waals surface area contributed by atoms with Crippen LogP contribution in [0, 0.1) is 11.8 Å². The summed E-state index contributed by atoms with van der Waals surface area (Å²) in [5.74, 6) is 2.32. The fourth-order valence-corrected chi connectivity index (χ4v) is 3.20. The second-order valence-corrected chi connectivity index (χ2v) is 6.37. The highest BCUT2D eigenvalue weighted by atomic mass is 79.9. The number of nitrogens with two attached hydrogens (primary N) is 1. The molecule has 0 bridgehead atoms.